The summed E-state index contributed by atoms with van der Waals surface area (Å²) in [6.45, 7) is 4.81. The van der Waals surface area contributed by atoms with Crippen molar-refractivity contribution in [3.05, 3.63) is 11.4 Å². The fraction of sp³-hybridized carbons (Fsp3) is 0.615. The Morgan fingerprint density at radius 1 is 1.33 bits per heavy atom. The Morgan fingerprint density at radius 3 is 2.52 bits per heavy atom. The van der Waals surface area contributed by atoms with Gasteiger partial charge < -0.3 is 16.0 Å². The number of H-pyrrole nitrogens is 1. The first kappa shape index (κ1) is 15.3. The van der Waals surface area contributed by atoms with Gasteiger partial charge in [0.05, 0.1) is 17.9 Å². The molecule has 0 aromatic carbocycles. The molecule has 21 heavy (non-hydrogen) atoms. The lowest BCUT2D eigenvalue weighted by molar-refractivity contribution is -0.122. The lowest BCUT2D eigenvalue weighted by Crippen LogP contribution is -2.51. The fourth-order valence-electron chi connectivity index (χ4n) is 2.36. The molecule has 1 aliphatic heterocycles. The third kappa shape index (κ3) is 3.33. The number of aromatic nitrogens is 2. The molecule has 0 radical (unpaired) electrons. The highest BCUT2D eigenvalue weighted by Crippen LogP contribution is 2.17. The van der Waals surface area contributed by atoms with E-state index in [-0.39, 0.29) is 11.8 Å². The number of anilines is 1. The highest BCUT2D eigenvalue weighted by molar-refractivity contribution is 5.97. The number of piperazine rings is 1. The number of rotatable bonds is 4. The van der Waals surface area contributed by atoms with Gasteiger partial charge in [-0.2, -0.15) is 5.10 Å². The van der Waals surface area contributed by atoms with Crippen LogP contribution in [-0.2, 0) is 11.2 Å². The van der Waals surface area contributed by atoms with E-state index < -0.39 is 0 Å². The number of carbonyl (C=O) groups excluding carboxylic acids is 2. The second kappa shape index (κ2) is 6.57. The van der Waals surface area contributed by atoms with Gasteiger partial charge in [0.2, 0.25) is 5.91 Å². The van der Waals surface area contributed by atoms with Crippen molar-refractivity contribution >= 4 is 17.5 Å². The van der Waals surface area contributed by atoms with E-state index in [0.717, 1.165) is 5.69 Å². The second-order valence-electron chi connectivity index (χ2n) is 5.06. The van der Waals surface area contributed by atoms with Crippen LogP contribution in [0.25, 0.3) is 0 Å². The van der Waals surface area contributed by atoms with Gasteiger partial charge >= 0.3 is 0 Å². The number of nitrogens with one attached hydrogen (secondary N) is 2. The van der Waals surface area contributed by atoms with Crippen molar-refractivity contribution in [2.75, 3.05) is 45.5 Å². The Balaban J connectivity index is 1.94. The zero-order chi connectivity index (χ0) is 15.4. The molecule has 0 atom stereocenters. The molecule has 0 bridgehead atoms. The topological polar surface area (TPSA) is 107 Å². The Hall–Kier alpha value is -2.09. The minimum absolute atomic E-state index is 0.0149. The maximum absolute atomic E-state index is 12.4. The summed E-state index contributed by atoms with van der Waals surface area (Å²) in [4.78, 5) is 27.5. The van der Waals surface area contributed by atoms with Crippen molar-refractivity contribution in [1.29, 1.82) is 0 Å². The van der Waals surface area contributed by atoms with E-state index in [2.05, 4.69) is 15.5 Å². The van der Waals surface area contributed by atoms with Crippen LogP contribution >= 0.6 is 0 Å². The first-order valence-corrected chi connectivity index (χ1v) is 7.11. The molecule has 2 amide bonds. The molecule has 2 heterocycles. The number of aromatic amines is 1. The number of nitrogens with zero attached hydrogens (tertiary/aromatic N) is 3. The number of nitrogen functional groups attached to an aromatic ring is 1. The molecule has 0 aliphatic carbocycles. The largest absolute Gasteiger partial charge is 0.395 e. The Bertz CT molecular complexity index is 519. The van der Waals surface area contributed by atoms with Crippen molar-refractivity contribution in [2.24, 2.45) is 0 Å². The van der Waals surface area contributed by atoms with Crippen LogP contribution in [0, 0.1) is 0 Å². The van der Waals surface area contributed by atoms with Gasteiger partial charge in [-0.15, -0.1) is 0 Å². The summed E-state index contributed by atoms with van der Waals surface area (Å²) < 4.78 is 0. The minimum Gasteiger partial charge on any atom is -0.395 e. The Labute approximate surface area is 123 Å². The molecule has 1 aromatic rings. The van der Waals surface area contributed by atoms with Gasteiger partial charge in [-0.1, -0.05) is 6.92 Å². The summed E-state index contributed by atoms with van der Waals surface area (Å²) in [7, 11) is 1.62. The predicted molar refractivity (Wildman–Crippen MR) is 78.8 cm³/mol. The Kier molecular flexibility index (Phi) is 4.79. The van der Waals surface area contributed by atoms with Crippen molar-refractivity contribution < 1.29 is 9.59 Å². The third-order valence-corrected chi connectivity index (χ3v) is 3.74. The van der Waals surface area contributed by atoms with Crippen molar-refractivity contribution in [1.82, 2.24) is 25.3 Å². The smallest absolute Gasteiger partial charge is 0.276 e. The highest BCUT2D eigenvalue weighted by atomic mass is 16.2. The molecular formula is C13H22N6O2. The lowest BCUT2D eigenvalue weighted by atomic mass is 10.2. The van der Waals surface area contributed by atoms with Crippen molar-refractivity contribution in [3.8, 4) is 0 Å². The van der Waals surface area contributed by atoms with Crippen LogP contribution in [0.3, 0.4) is 0 Å². The normalized spacial score (nSPS) is 16.0. The number of nitrogens with two attached hydrogens (primary N) is 1. The van der Waals surface area contributed by atoms with Gasteiger partial charge in [-0.3, -0.25) is 19.6 Å². The molecule has 0 saturated carbocycles. The number of likely N-dealkylation sites (N-methyl/N-ethyl adjacent to an activating group) is 1. The summed E-state index contributed by atoms with van der Waals surface area (Å²) in [5.41, 5.74) is 7.45. The zero-order valence-electron chi connectivity index (χ0n) is 12.5. The predicted octanol–water partition coefficient (Wildman–Crippen LogP) is -0.942. The highest BCUT2D eigenvalue weighted by Gasteiger charge is 2.26. The second-order valence-corrected chi connectivity index (χ2v) is 5.06. The monoisotopic (exact) mass is 294 g/mol. The van der Waals surface area contributed by atoms with Crippen molar-refractivity contribution in [3.63, 3.8) is 0 Å². The van der Waals surface area contributed by atoms with E-state index in [9.17, 15) is 9.59 Å². The summed E-state index contributed by atoms with van der Waals surface area (Å²) in [5, 5.41) is 9.42. The number of carbonyl (C=O) groups is 2. The van der Waals surface area contributed by atoms with Crippen LogP contribution in [0.2, 0.25) is 0 Å². The molecule has 116 valence electrons. The van der Waals surface area contributed by atoms with Crippen LogP contribution in [0.15, 0.2) is 0 Å². The van der Waals surface area contributed by atoms with Crippen LogP contribution < -0.4 is 11.1 Å². The fourth-order valence-corrected chi connectivity index (χ4v) is 2.36. The summed E-state index contributed by atoms with van der Waals surface area (Å²) in [6, 6.07) is 0. The first-order valence-electron chi connectivity index (χ1n) is 7.11. The van der Waals surface area contributed by atoms with Gasteiger partial charge in [0.25, 0.3) is 5.91 Å². The molecule has 1 saturated heterocycles. The number of aryl methyl sites for hydroxylation is 1. The SMILES string of the molecule is CCc1[nH]nc(C(=O)N2CCN(CC(=O)NC)CC2)c1N. The molecule has 8 heteroatoms. The van der Waals surface area contributed by atoms with E-state index in [1.54, 1.807) is 11.9 Å². The molecule has 2 rings (SSSR count). The van der Waals surface area contributed by atoms with E-state index in [0.29, 0.717) is 50.5 Å². The van der Waals surface area contributed by atoms with Gasteiger partial charge in [0, 0.05) is 33.2 Å². The average molecular weight is 294 g/mol. The standard InChI is InChI=1S/C13H22N6O2/c1-3-9-11(14)12(17-16-9)13(21)19-6-4-18(5-7-19)8-10(20)15-2/h3-8,14H2,1-2H3,(H,15,20)(H,16,17). The maximum Gasteiger partial charge on any atom is 0.276 e. The van der Waals surface area contributed by atoms with Gasteiger partial charge in [0.1, 0.15) is 0 Å². The number of hydrogen-bond acceptors (Lipinski definition) is 5. The summed E-state index contributed by atoms with van der Waals surface area (Å²) >= 11 is 0. The maximum atomic E-state index is 12.4. The molecule has 1 aliphatic rings. The van der Waals surface area contributed by atoms with Crippen LogP contribution in [0.5, 0.6) is 0 Å². The van der Waals surface area contributed by atoms with E-state index in [4.69, 9.17) is 5.73 Å². The zero-order valence-corrected chi connectivity index (χ0v) is 12.5. The molecule has 0 unspecified atom stereocenters. The molecule has 0 spiro atoms. The summed E-state index contributed by atoms with van der Waals surface area (Å²) in [5.74, 6) is -0.165. The average Bonchev–Trinajstić information content (AvgIpc) is 2.88. The minimum atomic E-state index is -0.150. The Morgan fingerprint density at radius 2 is 2.00 bits per heavy atom. The molecular weight excluding hydrogens is 272 g/mol. The number of amides is 2. The van der Waals surface area contributed by atoms with E-state index in [1.807, 2.05) is 11.8 Å². The van der Waals surface area contributed by atoms with Crippen LogP contribution in [-0.4, -0.2) is 71.6 Å². The third-order valence-electron chi connectivity index (χ3n) is 3.74. The van der Waals surface area contributed by atoms with Gasteiger partial charge in [-0.25, -0.2) is 0 Å². The van der Waals surface area contributed by atoms with E-state index in [1.165, 1.54) is 0 Å². The lowest BCUT2D eigenvalue weighted by Gasteiger charge is -2.33. The van der Waals surface area contributed by atoms with Gasteiger partial charge in [-0.05, 0) is 6.42 Å². The van der Waals surface area contributed by atoms with Gasteiger partial charge in [0.15, 0.2) is 5.69 Å². The molecule has 8 nitrogen and oxygen atoms in total. The molecule has 4 N–H and O–H groups in total. The molecule has 1 aromatic heterocycles. The van der Waals surface area contributed by atoms with Crippen molar-refractivity contribution in [2.45, 2.75) is 13.3 Å². The summed E-state index contributed by atoms with van der Waals surface area (Å²) in [6.07, 6.45) is 0.714. The first-order chi connectivity index (χ1) is 10.1. The van der Waals surface area contributed by atoms with Crippen LogP contribution in [0.4, 0.5) is 5.69 Å². The quantitative estimate of drug-likeness (QED) is 0.664. The van der Waals surface area contributed by atoms with Crippen LogP contribution in [0.1, 0.15) is 23.1 Å². The number of hydrogen-bond donors (Lipinski definition) is 3. The molecule has 1 fully saturated rings. The van der Waals surface area contributed by atoms with E-state index >= 15 is 0 Å².